The lowest BCUT2D eigenvalue weighted by Crippen LogP contribution is -2.55. The van der Waals surface area contributed by atoms with Crippen molar-refractivity contribution in [2.24, 2.45) is 11.8 Å². The maximum Gasteiger partial charge on any atom is 0.238 e. The molecule has 0 aromatic carbocycles. The molecule has 0 aromatic heterocycles. The van der Waals surface area contributed by atoms with Crippen LogP contribution in [-0.2, 0) is 4.79 Å². The normalized spacial score (nSPS) is 30.0. The minimum atomic E-state index is -0.622. The van der Waals surface area contributed by atoms with Crippen LogP contribution in [-0.4, -0.2) is 58.6 Å². The van der Waals surface area contributed by atoms with Crippen LogP contribution >= 0.6 is 0 Å². The number of nitrogens with one attached hydrogen (secondary N) is 2. The highest BCUT2D eigenvalue weighted by Crippen LogP contribution is 2.23. The SMILES string of the molecule is CC(C)C[C@@H](C(=O)N[C@H](C#N)C[C@@H]1CCN[C@H]1O)N1CCCC[C@@H]1O. The summed E-state index contributed by atoms with van der Waals surface area (Å²) >= 11 is 0. The summed E-state index contributed by atoms with van der Waals surface area (Å²) in [6.45, 7) is 5.54. The molecule has 0 unspecified atom stereocenters. The molecule has 2 saturated heterocycles. The van der Waals surface area contributed by atoms with Gasteiger partial charge in [0.25, 0.3) is 0 Å². The van der Waals surface area contributed by atoms with Crippen LogP contribution in [0.3, 0.4) is 0 Å². The number of amides is 1. The Balaban J connectivity index is 2.00. The van der Waals surface area contributed by atoms with Gasteiger partial charge in [0, 0.05) is 12.5 Å². The molecular weight excluding hydrogens is 320 g/mol. The highest BCUT2D eigenvalue weighted by molar-refractivity contribution is 5.82. The van der Waals surface area contributed by atoms with Crippen LogP contribution in [0.1, 0.15) is 52.4 Å². The highest BCUT2D eigenvalue weighted by Gasteiger charge is 2.34. The van der Waals surface area contributed by atoms with Gasteiger partial charge in [-0.25, -0.2) is 0 Å². The van der Waals surface area contributed by atoms with Crippen LogP contribution in [0, 0.1) is 23.2 Å². The number of carbonyl (C=O) groups is 1. The Hall–Kier alpha value is -1.20. The maximum atomic E-state index is 12.9. The summed E-state index contributed by atoms with van der Waals surface area (Å²) in [5, 5.41) is 35.4. The largest absolute Gasteiger partial charge is 0.378 e. The molecule has 0 radical (unpaired) electrons. The quantitative estimate of drug-likeness (QED) is 0.532. The second-order valence-electron chi connectivity index (χ2n) is 7.73. The van der Waals surface area contributed by atoms with Gasteiger partial charge in [0.1, 0.15) is 18.5 Å². The van der Waals surface area contributed by atoms with E-state index in [0.717, 1.165) is 25.8 Å². The average Bonchev–Trinajstić information content (AvgIpc) is 2.97. The van der Waals surface area contributed by atoms with Gasteiger partial charge >= 0.3 is 0 Å². The first-order valence-electron chi connectivity index (χ1n) is 9.47. The Bertz CT molecular complexity index is 479. The Kier molecular flexibility index (Phi) is 7.63. The van der Waals surface area contributed by atoms with E-state index in [1.165, 1.54) is 0 Å². The van der Waals surface area contributed by atoms with Crippen molar-refractivity contribution < 1.29 is 15.0 Å². The van der Waals surface area contributed by atoms with Crippen LogP contribution in [0.2, 0.25) is 0 Å². The van der Waals surface area contributed by atoms with Gasteiger partial charge in [-0.1, -0.05) is 13.8 Å². The topological polar surface area (TPSA) is 109 Å². The van der Waals surface area contributed by atoms with Crippen molar-refractivity contribution in [3.8, 4) is 6.07 Å². The predicted molar refractivity (Wildman–Crippen MR) is 94.1 cm³/mol. The lowest BCUT2D eigenvalue weighted by molar-refractivity contribution is -0.135. The van der Waals surface area contributed by atoms with Crippen LogP contribution in [0.25, 0.3) is 0 Å². The Labute approximate surface area is 150 Å². The van der Waals surface area contributed by atoms with Gasteiger partial charge in [0.2, 0.25) is 5.91 Å². The van der Waals surface area contributed by atoms with E-state index in [4.69, 9.17) is 0 Å². The maximum absolute atomic E-state index is 12.9. The minimum Gasteiger partial charge on any atom is -0.378 e. The van der Waals surface area contributed by atoms with Crippen molar-refractivity contribution in [2.75, 3.05) is 13.1 Å². The Morgan fingerprint density at radius 1 is 1.36 bits per heavy atom. The second-order valence-corrected chi connectivity index (χ2v) is 7.73. The summed E-state index contributed by atoms with van der Waals surface area (Å²) in [6.07, 6.45) is 3.32. The molecule has 7 heteroatoms. The zero-order valence-electron chi connectivity index (χ0n) is 15.3. The van der Waals surface area contributed by atoms with E-state index in [-0.39, 0.29) is 11.8 Å². The molecule has 2 aliphatic heterocycles. The molecule has 1 amide bonds. The number of hydrogen-bond acceptors (Lipinski definition) is 6. The summed E-state index contributed by atoms with van der Waals surface area (Å²) in [4.78, 5) is 14.7. The first-order chi connectivity index (χ1) is 11.9. The molecule has 2 rings (SSSR count). The fourth-order valence-electron chi connectivity index (χ4n) is 3.84. The highest BCUT2D eigenvalue weighted by atomic mass is 16.3. The number of carbonyl (C=O) groups excluding carboxylic acids is 1. The van der Waals surface area contributed by atoms with E-state index in [1.54, 1.807) is 0 Å². The fraction of sp³-hybridized carbons (Fsp3) is 0.889. The van der Waals surface area contributed by atoms with E-state index < -0.39 is 24.5 Å². The predicted octanol–water partition coefficient (Wildman–Crippen LogP) is 0.532. The standard InChI is InChI=1S/C18H32N4O3/c1-12(2)9-15(22-8-4-3-5-16(22)23)18(25)21-14(11-19)10-13-6-7-20-17(13)24/h12-17,20,23-24H,3-10H2,1-2H3,(H,21,25)/t13-,14-,15-,16-,17-/m0/s1. The number of rotatable bonds is 7. The van der Waals surface area contributed by atoms with Gasteiger partial charge in [-0.05, 0) is 51.0 Å². The number of likely N-dealkylation sites (tertiary alicyclic amines) is 1. The van der Waals surface area contributed by atoms with Crippen LogP contribution in [0.5, 0.6) is 0 Å². The molecule has 2 heterocycles. The monoisotopic (exact) mass is 352 g/mol. The van der Waals surface area contributed by atoms with Crippen LogP contribution < -0.4 is 10.6 Å². The molecule has 5 atom stereocenters. The molecule has 4 N–H and O–H groups in total. The second kappa shape index (κ2) is 9.48. The zero-order chi connectivity index (χ0) is 18.4. The molecule has 0 bridgehead atoms. The van der Waals surface area contributed by atoms with Gasteiger partial charge in [-0.3, -0.25) is 15.0 Å². The molecule has 0 spiro atoms. The Morgan fingerprint density at radius 2 is 2.12 bits per heavy atom. The Morgan fingerprint density at radius 3 is 2.68 bits per heavy atom. The molecule has 0 aliphatic carbocycles. The van der Waals surface area contributed by atoms with Crippen molar-refractivity contribution in [1.82, 2.24) is 15.5 Å². The zero-order valence-corrected chi connectivity index (χ0v) is 15.3. The molecule has 7 nitrogen and oxygen atoms in total. The summed E-state index contributed by atoms with van der Waals surface area (Å²) < 4.78 is 0. The first kappa shape index (κ1) is 20.1. The van der Waals surface area contributed by atoms with Crippen molar-refractivity contribution in [2.45, 2.75) is 76.9 Å². The number of hydrogen-bond donors (Lipinski definition) is 4. The fourth-order valence-corrected chi connectivity index (χ4v) is 3.84. The molecule has 0 aromatic rings. The summed E-state index contributed by atoms with van der Waals surface area (Å²) in [7, 11) is 0. The molecular formula is C18H32N4O3. The van der Waals surface area contributed by atoms with Gasteiger partial charge < -0.3 is 15.5 Å². The number of aliphatic hydroxyl groups is 2. The van der Waals surface area contributed by atoms with Crippen molar-refractivity contribution in [1.29, 1.82) is 5.26 Å². The third-order valence-corrected chi connectivity index (χ3v) is 5.24. The van der Waals surface area contributed by atoms with E-state index in [1.807, 2.05) is 4.90 Å². The number of aliphatic hydroxyl groups excluding tert-OH is 2. The molecule has 2 aliphatic rings. The lowest BCUT2D eigenvalue weighted by Gasteiger charge is -2.38. The third-order valence-electron chi connectivity index (χ3n) is 5.24. The lowest BCUT2D eigenvalue weighted by atomic mass is 9.96. The molecule has 25 heavy (non-hydrogen) atoms. The average molecular weight is 352 g/mol. The van der Waals surface area contributed by atoms with Crippen LogP contribution in [0.15, 0.2) is 0 Å². The third kappa shape index (κ3) is 5.65. The summed E-state index contributed by atoms with van der Waals surface area (Å²) in [5.41, 5.74) is 0. The summed E-state index contributed by atoms with van der Waals surface area (Å²) in [5.74, 6) is 0.0991. The van der Waals surface area contributed by atoms with Gasteiger partial charge in [0.05, 0.1) is 12.1 Å². The van der Waals surface area contributed by atoms with Gasteiger partial charge in [0.15, 0.2) is 0 Å². The van der Waals surface area contributed by atoms with E-state index >= 15 is 0 Å². The number of nitriles is 1. The van der Waals surface area contributed by atoms with Crippen molar-refractivity contribution in [3.63, 3.8) is 0 Å². The molecule has 0 saturated carbocycles. The number of nitrogens with zero attached hydrogens (tertiary/aromatic N) is 2. The van der Waals surface area contributed by atoms with E-state index in [0.29, 0.717) is 31.7 Å². The molecule has 2 fully saturated rings. The van der Waals surface area contributed by atoms with Crippen LogP contribution in [0.4, 0.5) is 0 Å². The molecule has 142 valence electrons. The van der Waals surface area contributed by atoms with Crippen molar-refractivity contribution >= 4 is 5.91 Å². The van der Waals surface area contributed by atoms with E-state index in [2.05, 4.69) is 30.6 Å². The minimum absolute atomic E-state index is 0.0194. The van der Waals surface area contributed by atoms with E-state index in [9.17, 15) is 20.3 Å². The van der Waals surface area contributed by atoms with Gasteiger partial charge in [-0.15, -0.1) is 0 Å². The van der Waals surface area contributed by atoms with Crippen molar-refractivity contribution in [3.05, 3.63) is 0 Å². The first-order valence-corrected chi connectivity index (χ1v) is 9.47. The number of piperidine rings is 1. The van der Waals surface area contributed by atoms with Gasteiger partial charge in [-0.2, -0.15) is 5.26 Å². The summed E-state index contributed by atoms with van der Waals surface area (Å²) in [6, 6.07) is 1.11. The smallest absolute Gasteiger partial charge is 0.238 e.